The van der Waals surface area contributed by atoms with Crippen molar-refractivity contribution in [1.29, 1.82) is 0 Å². The van der Waals surface area contributed by atoms with E-state index < -0.39 is 22.2 Å². The second-order valence-corrected chi connectivity index (χ2v) is 4.63. The second kappa shape index (κ2) is 5.92. The summed E-state index contributed by atoms with van der Waals surface area (Å²) >= 11 is 0. The largest absolute Gasteiger partial charge is 0.382 e. The molecule has 0 bridgehead atoms. The Morgan fingerprint density at radius 3 is 2.84 bits per heavy atom. The molecule has 0 amide bonds. The third kappa shape index (κ3) is 3.37. The molecule has 104 valence electrons. The molecule has 2 rings (SSSR count). The van der Waals surface area contributed by atoms with Crippen LogP contribution in [0.15, 0.2) is 12.1 Å². The lowest BCUT2D eigenvalue weighted by atomic mass is 10.00. The molecular formula is C12H15F2N3O2. The monoisotopic (exact) mass is 271 g/mol. The van der Waals surface area contributed by atoms with Crippen molar-refractivity contribution >= 4 is 11.4 Å². The maximum absolute atomic E-state index is 13.5. The van der Waals surface area contributed by atoms with E-state index in [0.29, 0.717) is 18.5 Å². The van der Waals surface area contributed by atoms with Gasteiger partial charge in [-0.25, -0.2) is 4.39 Å². The molecule has 0 radical (unpaired) electrons. The van der Waals surface area contributed by atoms with Gasteiger partial charge in [0.15, 0.2) is 0 Å². The number of benzene rings is 1. The lowest BCUT2D eigenvalue weighted by Crippen LogP contribution is -2.33. The third-order valence-corrected chi connectivity index (χ3v) is 3.21. The molecule has 1 atom stereocenters. The van der Waals surface area contributed by atoms with Crippen molar-refractivity contribution in [3.8, 4) is 0 Å². The van der Waals surface area contributed by atoms with Gasteiger partial charge in [0.2, 0.25) is 5.82 Å². The maximum atomic E-state index is 13.5. The zero-order chi connectivity index (χ0) is 13.8. The Kier molecular flexibility index (Phi) is 4.26. The quantitative estimate of drug-likeness (QED) is 0.651. The van der Waals surface area contributed by atoms with Gasteiger partial charge in [-0.3, -0.25) is 10.1 Å². The van der Waals surface area contributed by atoms with Crippen molar-refractivity contribution < 1.29 is 13.7 Å². The maximum Gasteiger partial charge on any atom is 0.307 e. The predicted molar refractivity (Wildman–Crippen MR) is 67.1 cm³/mol. The van der Waals surface area contributed by atoms with Crippen LogP contribution in [0.1, 0.15) is 12.8 Å². The standard InChI is InChI=1S/C12H15F2N3O2/c13-9-4-10(14)12(17(18)19)5-11(9)16-7-8-2-1-3-15-6-8/h4-5,8,15-16H,1-3,6-7H2. The van der Waals surface area contributed by atoms with Crippen LogP contribution in [-0.4, -0.2) is 24.6 Å². The molecule has 0 spiro atoms. The van der Waals surface area contributed by atoms with Gasteiger partial charge in [-0.05, 0) is 31.8 Å². The average molecular weight is 271 g/mol. The Labute approximate surface area is 109 Å². The van der Waals surface area contributed by atoms with Crippen molar-refractivity contribution in [3.63, 3.8) is 0 Å². The van der Waals surface area contributed by atoms with Crippen molar-refractivity contribution in [2.45, 2.75) is 12.8 Å². The highest BCUT2D eigenvalue weighted by atomic mass is 19.1. The van der Waals surface area contributed by atoms with Gasteiger partial charge in [0.05, 0.1) is 10.6 Å². The fourth-order valence-electron chi connectivity index (χ4n) is 2.17. The number of nitrogens with one attached hydrogen (secondary N) is 2. The molecular weight excluding hydrogens is 256 g/mol. The molecule has 5 nitrogen and oxygen atoms in total. The first-order valence-electron chi connectivity index (χ1n) is 6.16. The van der Waals surface area contributed by atoms with Crippen LogP contribution in [0.5, 0.6) is 0 Å². The van der Waals surface area contributed by atoms with Crippen molar-refractivity contribution in [2.24, 2.45) is 5.92 Å². The van der Waals surface area contributed by atoms with E-state index in [0.717, 1.165) is 32.0 Å². The SMILES string of the molecule is O=[N+]([O-])c1cc(NCC2CCCNC2)c(F)cc1F. The predicted octanol–water partition coefficient (Wildman–Crippen LogP) is 2.28. The fraction of sp³-hybridized carbons (Fsp3) is 0.500. The molecule has 1 fully saturated rings. The Balaban J connectivity index is 2.06. The molecule has 1 unspecified atom stereocenters. The van der Waals surface area contributed by atoms with Crippen molar-refractivity contribution in [1.82, 2.24) is 5.32 Å². The normalized spacial score (nSPS) is 19.2. The van der Waals surface area contributed by atoms with Crippen LogP contribution in [0.2, 0.25) is 0 Å². The minimum absolute atomic E-state index is 0.0290. The summed E-state index contributed by atoms with van der Waals surface area (Å²) in [5, 5.41) is 16.6. The number of halogens is 2. The van der Waals surface area contributed by atoms with E-state index in [1.807, 2.05) is 0 Å². The summed E-state index contributed by atoms with van der Waals surface area (Å²) in [4.78, 5) is 9.74. The summed E-state index contributed by atoms with van der Waals surface area (Å²) in [6.07, 6.45) is 2.07. The van der Waals surface area contributed by atoms with Crippen LogP contribution in [-0.2, 0) is 0 Å². The Morgan fingerprint density at radius 2 is 2.21 bits per heavy atom. The van der Waals surface area contributed by atoms with E-state index in [9.17, 15) is 18.9 Å². The van der Waals surface area contributed by atoms with Crippen molar-refractivity contribution in [3.05, 3.63) is 33.9 Å². The van der Waals surface area contributed by atoms with Gasteiger partial charge < -0.3 is 10.6 Å². The lowest BCUT2D eigenvalue weighted by molar-refractivity contribution is -0.387. The minimum Gasteiger partial charge on any atom is -0.382 e. The number of rotatable bonds is 4. The van der Waals surface area contributed by atoms with E-state index in [4.69, 9.17) is 0 Å². The van der Waals surface area contributed by atoms with E-state index in [1.54, 1.807) is 0 Å². The molecule has 7 heteroatoms. The first kappa shape index (κ1) is 13.7. The van der Waals surface area contributed by atoms with Crippen molar-refractivity contribution in [2.75, 3.05) is 25.0 Å². The molecule has 1 aromatic rings. The fourth-order valence-corrected chi connectivity index (χ4v) is 2.17. The molecule has 1 aliphatic rings. The van der Waals surface area contributed by atoms with Crippen LogP contribution < -0.4 is 10.6 Å². The van der Waals surface area contributed by atoms with Gasteiger partial charge in [-0.15, -0.1) is 0 Å². The first-order chi connectivity index (χ1) is 9.08. The van der Waals surface area contributed by atoms with Gasteiger partial charge in [-0.1, -0.05) is 0 Å². The smallest absolute Gasteiger partial charge is 0.307 e. The number of hydrogen-bond donors (Lipinski definition) is 2. The minimum atomic E-state index is -1.16. The Hall–Kier alpha value is -1.76. The van der Waals surface area contributed by atoms with E-state index in [-0.39, 0.29) is 5.69 Å². The number of anilines is 1. The summed E-state index contributed by atoms with van der Waals surface area (Å²) in [5.41, 5.74) is -0.746. The number of hydrogen-bond acceptors (Lipinski definition) is 4. The summed E-state index contributed by atoms with van der Waals surface area (Å²) in [6, 6.07) is 1.44. The molecule has 2 N–H and O–H groups in total. The van der Waals surface area contributed by atoms with E-state index in [2.05, 4.69) is 10.6 Å². The van der Waals surface area contributed by atoms with Crippen LogP contribution in [0.3, 0.4) is 0 Å². The van der Waals surface area contributed by atoms with Gasteiger partial charge in [-0.2, -0.15) is 4.39 Å². The van der Waals surface area contributed by atoms with E-state index >= 15 is 0 Å². The zero-order valence-corrected chi connectivity index (χ0v) is 10.3. The number of piperidine rings is 1. The lowest BCUT2D eigenvalue weighted by Gasteiger charge is -2.23. The number of nitro benzene ring substituents is 1. The molecule has 19 heavy (non-hydrogen) atoms. The van der Waals surface area contributed by atoms with Crippen LogP contribution in [0.4, 0.5) is 20.2 Å². The molecule has 0 saturated carbocycles. The highest BCUT2D eigenvalue weighted by Crippen LogP contribution is 2.25. The van der Waals surface area contributed by atoms with Gasteiger partial charge in [0.25, 0.3) is 0 Å². The van der Waals surface area contributed by atoms with Gasteiger partial charge in [0, 0.05) is 18.7 Å². The van der Waals surface area contributed by atoms with Crippen LogP contribution in [0, 0.1) is 27.7 Å². The Morgan fingerprint density at radius 1 is 1.42 bits per heavy atom. The number of nitro groups is 1. The second-order valence-electron chi connectivity index (χ2n) is 4.63. The van der Waals surface area contributed by atoms with Gasteiger partial charge >= 0.3 is 5.69 Å². The zero-order valence-electron chi connectivity index (χ0n) is 10.3. The third-order valence-electron chi connectivity index (χ3n) is 3.21. The highest BCUT2D eigenvalue weighted by molar-refractivity contribution is 5.53. The molecule has 1 saturated heterocycles. The number of nitrogens with zero attached hydrogens (tertiary/aromatic N) is 1. The summed E-state index contributed by atoms with van der Waals surface area (Å²) in [5.74, 6) is -1.63. The van der Waals surface area contributed by atoms with Crippen LogP contribution in [0.25, 0.3) is 0 Å². The Bertz CT molecular complexity index is 476. The summed E-state index contributed by atoms with van der Waals surface area (Å²) < 4.78 is 26.7. The van der Waals surface area contributed by atoms with Gasteiger partial charge in [0.1, 0.15) is 5.82 Å². The molecule has 0 aromatic heterocycles. The molecule has 1 aliphatic heterocycles. The molecule has 1 aromatic carbocycles. The summed E-state index contributed by atoms with van der Waals surface area (Å²) in [7, 11) is 0. The summed E-state index contributed by atoms with van der Waals surface area (Å²) in [6.45, 7) is 2.32. The molecule has 1 heterocycles. The topological polar surface area (TPSA) is 67.2 Å². The average Bonchev–Trinajstić information content (AvgIpc) is 2.38. The van der Waals surface area contributed by atoms with Crippen LogP contribution >= 0.6 is 0 Å². The first-order valence-corrected chi connectivity index (χ1v) is 6.16. The highest BCUT2D eigenvalue weighted by Gasteiger charge is 2.19. The molecule has 0 aliphatic carbocycles. The van der Waals surface area contributed by atoms with E-state index in [1.165, 1.54) is 0 Å².